The fraction of sp³-hybridized carbons (Fsp3) is 0.667. The third kappa shape index (κ3) is 3.22. The minimum Gasteiger partial charge on any atom is -0.481 e. The molecule has 6 nitrogen and oxygen atoms in total. The summed E-state index contributed by atoms with van der Waals surface area (Å²) >= 11 is 0. The molecule has 0 saturated carbocycles. The molecule has 1 amide bonds. The lowest BCUT2D eigenvalue weighted by Gasteiger charge is -2.28. The van der Waals surface area contributed by atoms with Crippen molar-refractivity contribution in [2.24, 2.45) is 18.2 Å². The Morgan fingerprint density at radius 1 is 1.61 bits per heavy atom. The van der Waals surface area contributed by atoms with Crippen molar-refractivity contribution >= 4 is 5.91 Å². The second kappa shape index (κ2) is 5.39. The molecule has 0 aliphatic heterocycles. The fourth-order valence-corrected chi connectivity index (χ4v) is 1.72. The molecule has 1 rings (SSSR count). The zero-order valence-electron chi connectivity index (χ0n) is 11.7. The molecule has 1 aromatic rings. The van der Waals surface area contributed by atoms with Crippen molar-refractivity contribution in [2.75, 3.05) is 27.2 Å². The van der Waals surface area contributed by atoms with Gasteiger partial charge in [-0.05, 0) is 12.0 Å². The molecule has 18 heavy (non-hydrogen) atoms. The lowest BCUT2D eigenvalue weighted by atomic mass is 9.93. The SMILES string of the molecule is COc1cc(C(=O)N(C)CC(C)(C)CN)nn1C. The highest BCUT2D eigenvalue weighted by atomic mass is 16.5. The Morgan fingerprint density at radius 2 is 2.22 bits per heavy atom. The third-order valence-corrected chi connectivity index (χ3v) is 2.83. The van der Waals surface area contributed by atoms with Crippen molar-refractivity contribution in [2.45, 2.75) is 13.8 Å². The van der Waals surface area contributed by atoms with Crippen molar-refractivity contribution in [3.8, 4) is 5.88 Å². The Kier molecular flexibility index (Phi) is 4.34. The predicted octanol–water partition coefficient (Wildman–Crippen LogP) is 0.486. The maximum Gasteiger partial charge on any atom is 0.274 e. The lowest BCUT2D eigenvalue weighted by Crippen LogP contribution is -2.39. The maximum atomic E-state index is 12.2. The molecule has 2 N–H and O–H groups in total. The summed E-state index contributed by atoms with van der Waals surface area (Å²) in [5.41, 5.74) is 5.94. The van der Waals surface area contributed by atoms with E-state index in [2.05, 4.69) is 5.10 Å². The Morgan fingerprint density at radius 3 is 2.67 bits per heavy atom. The van der Waals surface area contributed by atoms with E-state index < -0.39 is 0 Å². The van der Waals surface area contributed by atoms with Gasteiger partial charge < -0.3 is 15.4 Å². The summed E-state index contributed by atoms with van der Waals surface area (Å²) < 4.78 is 6.62. The number of ether oxygens (including phenoxy) is 1. The van der Waals surface area contributed by atoms with Crippen molar-refractivity contribution in [3.05, 3.63) is 11.8 Å². The van der Waals surface area contributed by atoms with E-state index >= 15 is 0 Å². The van der Waals surface area contributed by atoms with Crippen LogP contribution in [0.5, 0.6) is 5.88 Å². The number of nitrogens with two attached hydrogens (primary N) is 1. The van der Waals surface area contributed by atoms with E-state index in [4.69, 9.17) is 10.5 Å². The van der Waals surface area contributed by atoms with Crippen LogP contribution in [0, 0.1) is 5.41 Å². The molecule has 1 heterocycles. The Hall–Kier alpha value is -1.56. The normalized spacial score (nSPS) is 11.4. The highest BCUT2D eigenvalue weighted by Crippen LogP contribution is 2.17. The standard InChI is InChI=1S/C12H22N4O2/c1-12(2,7-13)8-15(3)11(17)9-6-10(18-5)16(4)14-9/h6H,7-8,13H2,1-5H3. The van der Waals surface area contributed by atoms with Crippen molar-refractivity contribution in [1.29, 1.82) is 0 Å². The predicted molar refractivity (Wildman–Crippen MR) is 69.6 cm³/mol. The van der Waals surface area contributed by atoms with Crippen LogP contribution < -0.4 is 10.5 Å². The Balaban J connectivity index is 2.80. The van der Waals surface area contributed by atoms with E-state index in [-0.39, 0.29) is 11.3 Å². The molecule has 0 unspecified atom stereocenters. The summed E-state index contributed by atoms with van der Waals surface area (Å²) in [6.45, 7) is 5.16. The summed E-state index contributed by atoms with van der Waals surface area (Å²) in [5, 5.41) is 4.13. The van der Waals surface area contributed by atoms with Gasteiger partial charge in [-0.25, -0.2) is 4.68 Å². The van der Waals surface area contributed by atoms with Gasteiger partial charge in [-0.1, -0.05) is 13.8 Å². The third-order valence-electron chi connectivity index (χ3n) is 2.83. The molecule has 0 aliphatic rings. The number of rotatable bonds is 5. The van der Waals surface area contributed by atoms with Crippen molar-refractivity contribution < 1.29 is 9.53 Å². The number of hydrogen-bond donors (Lipinski definition) is 1. The van der Waals surface area contributed by atoms with Gasteiger partial charge in [0.1, 0.15) is 0 Å². The summed E-state index contributed by atoms with van der Waals surface area (Å²) in [6.07, 6.45) is 0. The number of carbonyl (C=O) groups excluding carboxylic acids is 1. The number of amides is 1. The van der Waals surface area contributed by atoms with Gasteiger partial charge in [0.2, 0.25) is 5.88 Å². The van der Waals surface area contributed by atoms with Gasteiger partial charge in [0.05, 0.1) is 7.11 Å². The van der Waals surface area contributed by atoms with E-state index in [9.17, 15) is 4.79 Å². The van der Waals surface area contributed by atoms with Gasteiger partial charge in [-0.3, -0.25) is 4.79 Å². The molecule has 1 aromatic heterocycles. The lowest BCUT2D eigenvalue weighted by molar-refractivity contribution is 0.0734. The molecule has 0 saturated heterocycles. The average molecular weight is 254 g/mol. The molecule has 0 aromatic carbocycles. The van der Waals surface area contributed by atoms with Crippen LogP contribution in [-0.2, 0) is 7.05 Å². The number of hydrogen-bond acceptors (Lipinski definition) is 4. The molecule has 102 valence electrons. The first kappa shape index (κ1) is 14.5. The first-order valence-corrected chi connectivity index (χ1v) is 5.84. The highest BCUT2D eigenvalue weighted by molar-refractivity contribution is 5.92. The van der Waals surface area contributed by atoms with Gasteiger partial charge in [0.25, 0.3) is 5.91 Å². The van der Waals surface area contributed by atoms with E-state index in [1.54, 1.807) is 32.2 Å². The van der Waals surface area contributed by atoms with Gasteiger partial charge >= 0.3 is 0 Å². The first-order valence-electron chi connectivity index (χ1n) is 5.84. The van der Waals surface area contributed by atoms with Gasteiger partial charge in [0.15, 0.2) is 5.69 Å². The van der Waals surface area contributed by atoms with Gasteiger partial charge in [-0.15, -0.1) is 0 Å². The highest BCUT2D eigenvalue weighted by Gasteiger charge is 2.23. The smallest absolute Gasteiger partial charge is 0.274 e. The number of nitrogens with zero attached hydrogens (tertiary/aromatic N) is 3. The molecule has 0 radical (unpaired) electrons. The van der Waals surface area contributed by atoms with Crippen LogP contribution in [-0.4, -0.2) is 47.8 Å². The van der Waals surface area contributed by atoms with Crippen LogP contribution in [0.3, 0.4) is 0 Å². The van der Waals surface area contributed by atoms with Crippen LogP contribution in [0.15, 0.2) is 6.07 Å². The Labute approximate surface area is 108 Å². The van der Waals surface area contributed by atoms with Crippen LogP contribution in [0.4, 0.5) is 0 Å². The molecule has 0 spiro atoms. The van der Waals surface area contributed by atoms with Crippen LogP contribution >= 0.6 is 0 Å². The molecule has 6 heteroatoms. The van der Waals surface area contributed by atoms with Gasteiger partial charge in [0, 0.05) is 26.7 Å². The molecule has 0 fully saturated rings. The Bertz CT molecular complexity index is 426. The van der Waals surface area contributed by atoms with E-state index in [0.29, 0.717) is 24.7 Å². The van der Waals surface area contributed by atoms with Gasteiger partial charge in [-0.2, -0.15) is 5.10 Å². The minimum atomic E-state index is -0.129. The number of methoxy groups -OCH3 is 1. The largest absolute Gasteiger partial charge is 0.481 e. The van der Waals surface area contributed by atoms with Crippen LogP contribution in [0.2, 0.25) is 0 Å². The second-order valence-corrected chi connectivity index (χ2v) is 5.23. The summed E-state index contributed by atoms with van der Waals surface area (Å²) in [7, 11) is 5.03. The number of aryl methyl sites for hydroxylation is 1. The van der Waals surface area contributed by atoms with E-state index in [0.717, 1.165) is 0 Å². The van der Waals surface area contributed by atoms with Crippen molar-refractivity contribution in [1.82, 2.24) is 14.7 Å². The van der Waals surface area contributed by atoms with Crippen LogP contribution in [0.1, 0.15) is 24.3 Å². The first-order chi connectivity index (χ1) is 8.30. The quantitative estimate of drug-likeness (QED) is 0.829. The zero-order chi connectivity index (χ0) is 13.9. The zero-order valence-corrected chi connectivity index (χ0v) is 11.7. The van der Waals surface area contributed by atoms with E-state index in [1.165, 1.54) is 4.68 Å². The molecule has 0 bridgehead atoms. The monoisotopic (exact) mass is 254 g/mol. The second-order valence-electron chi connectivity index (χ2n) is 5.23. The number of aromatic nitrogens is 2. The molecular weight excluding hydrogens is 232 g/mol. The summed E-state index contributed by atoms with van der Waals surface area (Å²) in [6, 6.07) is 1.63. The summed E-state index contributed by atoms with van der Waals surface area (Å²) in [4.78, 5) is 13.8. The topological polar surface area (TPSA) is 73.4 Å². The summed E-state index contributed by atoms with van der Waals surface area (Å²) in [5.74, 6) is 0.431. The van der Waals surface area contributed by atoms with Crippen molar-refractivity contribution in [3.63, 3.8) is 0 Å². The molecule has 0 atom stereocenters. The maximum absolute atomic E-state index is 12.2. The molecular formula is C12H22N4O2. The van der Waals surface area contributed by atoms with E-state index in [1.807, 2.05) is 13.8 Å². The average Bonchev–Trinajstić information content (AvgIpc) is 2.69. The number of carbonyl (C=O) groups is 1. The minimum absolute atomic E-state index is 0.108. The molecule has 0 aliphatic carbocycles. The fourth-order valence-electron chi connectivity index (χ4n) is 1.72. The van der Waals surface area contributed by atoms with Crippen LogP contribution in [0.25, 0.3) is 0 Å².